The quantitative estimate of drug-likeness (QED) is 0.885. The summed E-state index contributed by atoms with van der Waals surface area (Å²) >= 11 is 0. The molecule has 0 aliphatic carbocycles. The highest BCUT2D eigenvalue weighted by Crippen LogP contribution is 2.34. The summed E-state index contributed by atoms with van der Waals surface area (Å²) in [5, 5.41) is 0. The molecule has 0 amide bonds. The SMILES string of the molecule is CC(C)(NS(=O)(=O)Cc1ccccc1F)c1ccc2c(c1)OCCO2. The Bertz CT molecular complexity index is 880. The van der Waals surface area contributed by atoms with Crippen molar-refractivity contribution in [3.05, 3.63) is 59.4 Å². The molecule has 1 aliphatic heterocycles. The summed E-state index contributed by atoms with van der Waals surface area (Å²) in [5.74, 6) is 0.267. The molecule has 5 nitrogen and oxygen atoms in total. The fourth-order valence-corrected chi connectivity index (χ4v) is 4.35. The van der Waals surface area contributed by atoms with E-state index in [1.165, 1.54) is 18.2 Å². The number of fused-ring (bicyclic) bond motifs is 1. The van der Waals surface area contributed by atoms with Gasteiger partial charge in [-0.2, -0.15) is 0 Å². The van der Waals surface area contributed by atoms with Crippen molar-refractivity contribution in [3.8, 4) is 11.5 Å². The van der Waals surface area contributed by atoms with E-state index >= 15 is 0 Å². The summed E-state index contributed by atoms with van der Waals surface area (Å²) in [5.41, 5.74) is -0.0262. The van der Waals surface area contributed by atoms with Crippen LogP contribution in [0.4, 0.5) is 4.39 Å². The van der Waals surface area contributed by atoms with E-state index in [9.17, 15) is 12.8 Å². The maximum Gasteiger partial charge on any atom is 0.216 e. The standard InChI is InChI=1S/C18H20FNO4S/c1-18(2,14-7-8-16-17(11-14)24-10-9-23-16)20-25(21,22)12-13-5-3-4-6-15(13)19/h3-8,11,20H,9-10,12H2,1-2H3. The van der Waals surface area contributed by atoms with E-state index < -0.39 is 27.1 Å². The molecule has 1 aliphatic rings. The third kappa shape index (κ3) is 4.11. The number of nitrogens with one attached hydrogen (secondary N) is 1. The van der Waals surface area contributed by atoms with Crippen LogP contribution < -0.4 is 14.2 Å². The minimum atomic E-state index is -3.75. The van der Waals surface area contributed by atoms with Gasteiger partial charge in [0.15, 0.2) is 11.5 Å². The van der Waals surface area contributed by atoms with Gasteiger partial charge < -0.3 is 9.47 Å². The van der Waals surface area contributed by atoms with Crippen molar-refractivity contribution in [2.24, 2.45) is 0 Å². The van der Waals surface area contributed by atoms with Crippen LogP contribution in [0.15, 0.2) is 42.5 Å². The Kier molecular flexibility index (Phi) is 4.71. The fourth-order valence-electron chi connectivity index (χ4n) is 2.74. The van der Waals surface area contributed by atoms with Crippen LogP contribution in [0.5, 0.6) is 11.5 Å². The van der Waals surface area contributed by atoms with Crippen molar-refractivity contribution < 1.29 is 22.3 Å². The molecule has 2 aromatic rings. The Morgan fingerprint density at radius 1 is 1.08 bits per heavy atom. The lowest BCUT2D eigenvalue weighted by atomic mass is 9.95. The molecule has 0 radical (unpaired) electrons. The number of halogens is 1. The van der Waals surface area contributed by atoms with E-state index in [1.54, 1.807) is 38.1 Å². The third-order valence-corrected chi connectivity index (χ3v) is 5.49. The minimum Gasteiger partial charge on any atom is -0.486 e. The molecule has 0 saturated heterocycles. The van der Waals surface area contributed by atoms with Crippen molar-refractivity contribution >= 4 is 10.0 Å². The first-order chi connectivity index (χ1) is 11.8. The lowest BCUT2D eigenvalue weighted by Crippen LogP contribution is -2.41. The molecule has 3 rings (SSSR count). The van der Waals surface area contributed by atoms with Gasteiger partial charge in [-0.25, -0.2) is 17.5 Å². The number of ether oxygens (including phenoxy) is 2. The first-order valence-corrected chi connectivity index (χ1v) is 9.57. The van der Waals surface area contributed by atoms with E-state index in [0.29, 0.717) is 24.7 Å². The van der Waals surface area contributed by atoms with Crippen LogP contribution in [0.25, 0.3) is 0 Å². The minimum absolute atomic E-state index is 0.132. The lowest BCUT2D eigenvalue weighted by Gasteiger charge is -2.28. The molecule has 0 atom stereocenters. The molecule has 0 spiro atoms. The van der Waals surface area contributed by atoms with Gasteiger partial charge in [0, 0.05) is 5.56 Å². The molecule has 7 heteroatoms. The average molecular weight is 365 g/mol. The zero-order chi connectivity index (χ0) is 18.1. The van der Waals surface area contributed by atoms with Crippen LogP contribution in [-0.4, -0.2) is 21.6 Å². The Morgan fingerprint density at radius 2 is 1.76 bits per heavy atom. The molecule has 0 saturated carbocycles. The monoisotopic (exact) mass is 365 g/mol. The van der Waals surface area contributed by atoms with E-state index in [1.807, 2.05) is 0 Å². The average Bonchev–Trinajstić information content (AvgIpc) is 2.55. The van der Waals surface area contributed by atoms with Crippen LogP contribution >= 0.6 is 0 Å². The summed E-state index contributed by atoms with van der Waals surface area (Å²) < 4.78 is 52.4. The molecule has 2 aromatic carbocycles. The van der Waals surface area contributed by atoms with Gasteiger partial charge in [-0.05, 0) is 37.6 Å². The molecule has 0 unspecified atom stereocenters. The van der Waals surface area contributed by atoms with Crippen molar-refractivity contribution in [2.75, 3.05) is 13.2 Å². The molecule has 0 bridgehead atoms. The Hall–Kier alpha value is -2.12. The summed E-state index contributed by atoms with van der Waals surface area (Å²) in [6.45, 7) is 4.44. The van der Waals surface area contributed by atoms with Crippen LogP contribution in [0, 0.1) is 5.82 Å². The second-order valence-corrected chi connectivity index (χ2v) is 8.16. The predicted octanol–water partition coefficient (Wildman–Crippen LogP) is 2.95. The molecular formula is C18H20FNO4S. The van der Waals surface area contributed by atoms with Crippen LogP contribution in [-0.2, 0) is 21.3 Å². The van der Waals surface area contributed by atoms with Gasteiger partial charge in [0.25, 0.3) is 0 Å². The van der Waals surface area contributed by atoms with E-state index in [-0.39, 0.29) is 5.56 Å². The van der Waals surface area contributed by atoms with Gasteiger partial charge >= 0.3 is 0 Å². The van der Waals surface area contributed by atoms with Crippen molar-refractivity contribution in [1.29, 1.82) is 0 Å². The van der Waals surface area contributed by atoms with Crippen molar-refractivity contribution in [2.45, 2.75) is 25.1 Å². The molecule has 1 heterocycles. The maximum atomic E-state index is 13.7. The molecule has 1 N–H and O–H groups in total. The number of benzene rings is 2. The summed E-state index contributed by atoms with van der Waals surface area (Å²) in [6.07, 6.45) is 0. The van der Waals surface area contributed by atoms with Crippen LogP contribution in [0.3, 0.4) is 0 Å². The van der Waals surface area contributed by atoms with Crippen LogP contribution in [0.1, 0.15) is 25.0 Å². The summed E-state index contributed by atoms with van der Waals surface area (Å²) in [4.78, 5) is 0. The second-order valence-electron chi connectivity index (χ2n) is 6.44. The van der Waals surface area contributed by atoms with Gasteiger partial charge in [-0.15, -0.1) is 0 Å². The lowest BCUT2D eigenvalue weighted by molar-refractivity contribution is 0.171. The Morgan fingerprint density at radius 3 is 2.48 bits per heavy atom. The summed E-state index contributed by atoms with van der Waals surface area (Å²) in [7, 11) is -3.75. The van der Waals surface area contributed by atoms with E-state index in [0.717, 1.165) is 5.56 Å². The Labute approximate surface area is 146 Å². The molecule has 25 heavy (non-hydrogen) atoms. The normalized spacial score (nSPS) is 14.4. The van der Waals surface area contributed by atoms with Gasteiger partial charge in [0.05, 0.1) is 11.3 Å². The van der Waals surface area contributed by atoms with E-state index in [4.69, 9.17) is 9.47 Å². The largest absolute Gasteiger partial charge is 0.486 e. The highest BCUT2D eigenvalue weighted by molar-refractivity contribution is 7.88. The van der Waals surface area contributed by atoms with Gasteiger partial charge in [-0.3, -0.25) is 0 Å². The molecule has 134 valence electrons. The predicted molar refractivity (Wildman–Crippen MR) is 92.6 cm³/mol. The van der Waals surface area contributed by atoms with Crippen LogP contribution in [0.2, 0.25) is 0 Å². The number of rotatable bonds is 5. The molecule has 0 fully saturated rings. The van der Waals surface area contributed by atoms with Gasteiger partial charge in [-0.1, -0.05) is 24.3 Å². The number of hydrogen-bond donors (Lipinski definition) is 1. The third-order valence-electron chi connectivity index (χ3n) is 3.98. The zero-order valence-corrected chi connectivity index (χ0v) is 14.9. The Balaban J connectivity index is 1.81. The molecule has 0 aromatic heterocycles. The highest BCUT2D eigenvalue weighted by atomic mass is 32.2. The van der Waals surface area contributed by atoms with Crippen molar-refractivity contribution in [3.63, 3.8) is 0 Å². The fraction of sp³-hybridized carbons (Fsp3) is 0.333. The smallest absolute Gasteiger partial charge is 0.216 e. The number of hydrogen-bond acceptors (Lipinski definition) is 4. The van der Waals surface area contributed by atoms with E-state index in [2.05, 4.69) is 4.72 Å². The zero-order valence-electron chi connectivity index (χ0n) is 14.1. The maximum absolute atomic E-state index is 13.7. The first kappa shape index (κ1) is 17.7. The summed E-state index contributed by atoms with van der Waals surface area (Å²) in [6, 6.07) is 11.2. The van der Waals surface area contributed by atoms with Gasteiger partial charge in [0.1, 0.15) is 19.0 Å². The highest BCUT2D eigenvalue weighted by Gasteiger charge is 2.29. The topological polar surface area (TPSA) is 64.6 Å². The molecular weight excluding hydrogens is 345 g/mol. The van der Waals surface area contributed by atoms with Crippen molar-refractivity contribution in [1.82, 2.24) is 4.72 Å². The first-order valence-electron chi connectivity index (χ1n) is 7.92. The number of sulfonamides is 1. The van der Waals surface area contributed by atoms with Gasteiger partial charge in [0.2, 0.25) is 10.0 Å². The second kappa shape index (κ2) is 6.65.